The Morgan fingerprint density at radius 3 is 2.85 bits per heavy atom. The monoisotopic (exact) mass is 457 g/mol. The molecule has 1 aromatic carbocycles. The summed E-state index contributed by atoms with van der Waals surface area (Å²) in [4.78, 5) is 21.7. The van der Waals surface area contributed by atoms with Crippen LogP contribution in [0, 0.1) is 5.92 Å². The van der Waals surface area contributed by atoms with E-state index in [1.54, 1.807) is 6.20 Å². The van der Waals surface area contributed by atoms with Gasteiger partial charge in [0.1, 0.15) is 11.5 Å². The van der Waals surface area contributed by atoms with Crippen LogP contribution in [-0.2, 0) is 11.3 Å². The molecule has 0 bridgehead atoms. The minimum Gasteiger partial charge on any atom is -0.379 e. The van der Waals surface area contributed by atoms with Gasteiger partial charge < -0.3 is 15.0 Å². The predicted octanol–water partition coefficient (Wildman–Crippen LogP) is 5.61. The van der Waals surface area contributed by atoms with Gasteiger partial charge in [0.15, 0.2) is 0 Å². The maximum atomic E-state index is 12.7. The summed E-state index contributed by atoms with van der Waals surface area (Å²) < 4.78 is 2.11. The minimum atomic E-state index is -0.0413. The number of anilines is 2. The molecule has 0 aliphatic heterocycles. The number of rotatable bonds is 7. The van der Waals surface area contributed by atoms with Crippen molar-refractivity contribution >= 4 is 34.7 Å². The SMILES string of the molecule is O=C(Nc1cc(NCc2cn3cc(C4CC4)ccc3n2)ccn1)[C@@H]1C[C@H]1c1cccc(Cl)c1. The molecule has 4 aromatic rings. The molecule has 3 heterocycles. The molecule has 0 radical (unpaired) electrons. The second-order valence-electron chi connectivity index (χ2n) is 9.01. The van der Waals surface area contributed by atoms with Crippen molar-refractivity contribution in [1.29, 1.82) is 0 Å². The van der Waals surface area contributed by atoms with E-state index >= 15 is 0 Å². The largest absolute Gasteiger partial charge is 0.379 e. The zero-order valence-corrected chi connectivity index (χ0v) is 18.8. The van der Waals surface area contributed by atoms with Crippen molar-refractivity contribution in [1.82, 2.24) is 14.4 Å². The van der Waals surface area contributed by atoms with Gasteiger partial charge in [0.05, 0.1) is 12.2 Å². The molecular weight excluding hydrogens is 434 g/mol. The van der Waals surface area contributed by atoms with E-state index in [0.29, 0.717) is 17.4 Å². The number of hydrogen-bond donors (Lipinski definition) is 2. The van der Waals surface area contributed by atoms with Gasteiger partial charge in [-0.15, -0.1) is 0 Å². The number of halogens is 1. The van der Waals surface area contributed by atoms with E-state index in [9.17, 15) is 4.79 Å². The van der Waals surface area contributed by atoms with E-state index in [4.69, 9.17) is 16.6 Å². The van der Waals surface area contributed by atoms with Crippen molar-refractivity contribution in [3.8, 4) is 0 Å². The van der Waals surface area contributed by atoms with E-state index in [1.807, 2.05) is 36.4 Å². The summed E-state index contributed by atoms with van der Waals surface area (Å²) in [6.45, 7) is 0.595. The molecule has 2 atom stereocenters. The van der Waals surface area contributed by atoms with Crippen LogP contribution in [-0.4, -0.2) is 20.3 Å². The number of nitrogens with zero attached hydrogens (tertiary/aromatic N) is 3. The smallest absolute Gasteiger partial charge is 0.229 e. The van der Waals surface area contributed by atoms with Crippen molar-refractivity contribution in [2.45, 2.75) is 37.6 Å². The second kappa shape index (κ2) is 8.19. The van der Waals surface area contributed by atoms with Crippen molar-refractivity contribution in [2.24, 2.45) is 5.92 Å². The number of benzene rings is 1. The van der Waals surface area contributed by atoms with Crippen LogP contribution < -0.4 is 10.6 Å². The Balaban J connectivity index is 1.08. The first-order chi connectivity index (χ1) is 16.1. The molecule has 3 aromatic heterocycles. The van der Waals surface area contributed by atoms with E-state index in [0.717, 1.165) is 34.9 Å². The quantitative estimate of drug-likeness (QED) is 0.378. The van der Waals surface area contributed by atoms with Crippen molar-refractivity contribution in [3.05, 3.63) is 89.0 Å². The third kappa shape index (κ3) is 4.44. The summed E-state index contributed by atoms with van der Waals surface area (Å²) in [5.41, 5.74) is 5.31. The number of carbonyl (C=O) groups excluding carboxylic acids is 1. The highest BCUT2D eigenvalue weighted by atomic mass is 35.5. The van der Waals surface area contributed by atoms with Crippen LogP contribution in [0.25, 0.3) is 5.65 Å². The van der Waals surface area contributed by atoms with Gasteiger partial charge in [-0.2, -0.15) is 0 Å². The minimum absolute atomic E-state index is 0.00329. The molecule has 7 heteroatoms. The van der Waals surface area contributed by atoms with Gasteiger partial charge >= 0.3 is 0 Å². The van der Waals surface area contributed by atoms with Crippen LogP contribution in [0.3, 0.4) is 0 Å². The van der Waals surface area contributed by atoms with Crippen LogP contribution in [0.2, 0.25) is 5.02 Å². The Kier molecular flexibility index (Phi) is 5.03. The lowest BCUT2D eigenvalue weighted by molar-refractivity contribution is -0.117. The molecule has 0 unspecified atom stereocenters. The van der Waals surface area contributed by atoms with Gasteiger partial charge in [0, 0.05) is 41.3 Å². The highest BCUT2D eigenvalue weighted by Gasteiger charge is 2.44. The van der Waals surface area contributed by atoms with Gasteiger partial charge in [-0.05, 0) is 66.5 Å². The number of pyridine rings is 2. The zero-order valence-electron chi connectivity index (χ0n) is 18.0. The van der Waals surface area contributed by atoms with Gasteiger partial charge in [0.2, 0.25) is 5.91 Å². The number of carbonyl (C=O) groups is 1. The fourth-order valence-corrected chi connectivity index (χ4v) is 4.61. The van der Waals surface area contributed by atoms with Gasteiger partial charge in [-0.3, -0.25) is 4.79 Å². The lowest BCUT2D eigenvalue weighted by Gasteiger charge is -2.08. The van der Waals surface area contributed by atoms with Gasteiger partial charge in [-0.25, -0.2) is 9.97 Å². The molecule has 6 rings (SSSR count). The van der Waals surface area contributed by atoms with Crippen LogP contribution in [0.15, 0.2) is 67.1 Å². The van der Waals surface area contributed by atoms with Crippen LogP contribution >= 0.6 is 11.6 Å². The van der Waals surface area contributed by atoms with E-state index in [-0.39, 0.29) is 17.7 Å². The number of imidazole rings is 1. The number of hydrogen-bond acceptors (Lipinski definition) is 4. The fraction of sp³-hybridized carbons (Fsp3) is 0.269. The first-order valence-electron chi connectivity index (χ1n) is 11.4. The molecule has 2 fully saturated rings. The molecule has 166 valence electrons. The first kappa shape index (κ1) is 20.2. The summed E-state index contributed by atoms with van der Waals surface area (Å²) in [7, 11) is 0. The first-order valence-corrected chi connectivity index (χ1v) is 11.7. The third-order valence-electron chi connectivity index (χ3n) is 6.46. The molecule has 2 aliphatic carbocycles. The Bertz CT molecular complexity index is 1350. The van der Waals surface area contributed by atoms with E-state index in [1.165, 1.54) is 18.4 Å². The maximum absolute atomic E-state index is 12.7. The average Bonchev–Trinajstić information content (AvgIpc) is 3.74. The number of nitrogens with one attached hydrogen (secondary N) is 2. The molecule has 2 aliphatic rings. The van der Waals surface area contributed by atoms with Gasteiger partial charge in [-0.1, -0.05) is 29.8 Å². The maximum Gasteiger partial charge on any atom is 0.229 e. The van der Waals surface area contributed by atoms with Crippen LogP contribution in [0.1, 0.15) is 47.9 Å². The highest BCUT2D eigenvalue weighted by Crippen LogP contribution is 2.48. The Hall–Kier alpha value is -3.38. The molecule has 1 amide bonds. The number of aromatic nitrogens is 3. The molecule has 0 spiro atoms. The Morgan fingerprint density at radius 1 is 1.09 bits per heavy atom. The molecular formula is C26H24ClN5O. The summed E-state index contributed by atoms with van der Waals surface area (Å²) in [6, 6.07) is 15.8. The average molecular weight is 458 g/mol. The molecule has 33 heavy (non-hydrogen) atoms. The predicted molar refractivity (Wildman–Crippen MR) is 130 cm³/mol. The summed E-state index contributed by atoms with van der Waals surface area (Å²) in [6.07, 6.45) is 9.37. The van der Waals surface area contributed by atoms with Crippen molar-refractivity contribution in [2.75, 3.05) is 10.6 Å². The van der Waals surface area contributed by atoms with E-state index in [2.05, 4.69) is 44.5 Å². The summed E-state index contributed by atoms with van der Waals surface area (Å²) >= 11 is 6.09. The third-order valence-corrected chi connectivity index (χ3v) is 6.70. The Morgan fingerprint density at radius 2 is 2.00 bits per heavy atom. The molecule has 6 nitrogen and oxygen atoms in total. The number of fused-ring (bicyclic) bond motifs is 1. The Labute approximate surface area is 197 Å². The molecule has 0 saturated heterocycles. The highest BCUT2D eigenvalue weighted by molar-refractivity contribution is 6.30. The zero-order chi connectivity index (χ0) is 22.4. The topological polar surface area (TPSA) is 71.3 Å². The lowest BCUT2D eigenvalue weighted by atomic mass is 10.1. The lowest BCUT2D eigenvalue weighted by Crippen LogP contribution is -2.15. The van der Waals surface area contributed by atoms with Crippen molar-refractivity contribution in [3.63, 3.8) is 0 Å². The normalized spacial score (nSPS) is 19.4. The number of amides is 1. The van der Waals surface area contributed by atoms with Crippen LogP contribution in [0.5, 0.6) is 0 Å². The van der Waals surface area contributed by atoms with Crippen molar-refractivity contribution < 1.29 is 4.79 Å². The fourth-order valence-electron chi connectivity index (χ4n) is 4.42. The van der Waals surface area contributed by atoms with Crippen LogP contribution in [0.4, 0.5) is 11.5 Å². The van der Waals surface area contributed by atoms with E-state index < -0.39 is 0 Å². The summed E-state index contributed by atoms with van der Waals surface area (Å²) in [5.74, 6) is 1.45. The molecule has 2 N–H and O–H groups in total. The standard InChI is InChI=1S/C26H24ClN5O/c27-19-3-1-2-17(10-19)22-12-23(22)26(33)31-24-11-20(8-9-28-24)29-13-21-15-32-14-18(16-4-5-16)6-7-25(32)30-21/h1-3,6-11,14-16,22-23H,4-5,12-13H2,(H2,28,29,31,33)/t22-,23+/m0/s1. The second-order valence-corrected chi connectivity index (χ2v) is 9.45. The molecule has 2 saturated carbocycles. The van der Waals surface area contributed by atoms with Gasteiger partial charge in [0.25, 0.3) is 0 Å². The summed E-state index contributed by atoms with van der Waals surface area (Å²) in [5, 5.41) is 7.05.